The zero-order valence-corrected chi connectivity index (χ0v) is 18.5. The number of nitrogens with zero attached hydrogens (tertiary/aromatic N) is 1. The maximum absolute atomic E-state index is 13.6. The van der Waals surface area contributed by atoms with Gasteiger partial charge in [-0.2, -0.15) is 0 Å². The van der Waals surface area contributed by atoms with Crippen molar-refractivity contribution in [2.45, 2.75) is 24.3 Å². The Kier molecular flexibility index (Phi) is 5.76. The van der Waals surface area contributed by atoms with Crippen molar-refractivity contribution in [1.29, 1.82) is 0 Å². The first-order valence-corrected chi connectivity index (χ1v) is 11.7. The predicted octanol–water partition coefficient (Wildman–Crippen LogP) is 4.59. The van der Waals surface area contributed by atoms with Crippen LogP contribution in [0.1, 0.15) is 24.1 Å². The van der Waals surface area contributed by atoms with Gasteiger partial charge >= 0.3 is 0 Å². The molecule has 4 rings (SSSR count). The summed E-state index contributed by atoms with van der Waals surface area (Å²) in [6.07, 6.45) is 0.822. The molecule has 0 aliphatic carbocycles. The molecule has 1 atom stereocenters. The van der Waals surface area contributed by atoms with Gasteiger partial charge in [-0.15, -0.1) is 0 Å². The Hall–Kier alpha value is -3.58. The van der Waals surface area contributed by atoms with Crippen LogP contribution < -0.4 is 9.64 Å². The van der Waals surface area contributed by atoms with Crippen molar-refractivity contribution >= 4 is 21.4 Å². The van der Waals surface area contributed by atoms with Crippen LogP contribution in [0.2, 0.25) is 0 Å². The zero-order valence-electron chi connectivity index (χ0n) is 17.7. The number of carbonyl (C=O) groups excluding carboxylic acids is 1. The van der Waals surface area contributed by atoms with Gasteiger partial charge in [-0.1, -0.05) is 49.4 Å². The lowest BCUT2D eigenvalue weighted by molar-refractivity contribution is -0.117. The Balaban J connectivity index is 1.91. The Bertz CT molecular complexity index is 1260. The van der Waals surface area contributed by atoms with Crippen LogP contribution in [0.25, 0.3) is 0 Å². The Morgan fingerprint density at radius 1 is 0.938 bits per heavy atom. The van der Waals surface area contributed by atoms with Crippen LogP contribution in [-0.4, -0.2) is 26.5 Å². The maximum atomic E-state index is 13.6. The molecule has 0 saturated heterocycles. The summed E-state index contributed by atoms with van der Waals surface area (Å²) in [5.41, 5.74) is 2.12. The summed E-state index contributed by atoms with van der Waals surface area (Å²) >= 11 is 0. The number of hydrogen-bond donors (Lipinski definition) is 1. The summed E-state index contributed by atoms with van der Waals surface area (Å²) in [7, 11) is -2.61. The van der Waals surface area contributed by atoms with Crippen molar-refractivity contribution in [3.63, 3.8) is 0 Å². The SMILES string of the molecule is CCc1ccc([C@@H]2C(S(=O)(=O)c3ccccc3)=C(O)C(=O)N2c2ccc(OC)cc2)cc1. The standard InChI is InChI=1S/C25H23NO5S/c1-3-17-9-11-18(12-10-17)22-24(32(29,30)21-7-5-4-6-8-21)23(27)25(28)26(22)19-13-15-20(31-2)16-14-19/h4-16,22,27H,3H2,1-2H3/t22-/m1/s1. The zero-order chi connectivity index (χ0) is 22.9. The van der Waals surface area contributed by atoms with Crippen LogP contribution in [0, 0.1) is 0 Å². The number of aliphatic hydroxyl groups excluding tert-OH is 1. The molecule has 3 aromatic rings. The van der Waals surface area contributed by atoms with Crippen LogP contribution in [0.4, 0.5) is 5.69 Å². The lowest BCUT2D eigenvalue weighted by atomic mass is 10.0. The summed E-state index contributed by atoms with van der Waals surface area (Å²) in [6.45, 7) is 2.02. The lowest BCUT2D eigenvalue weighted by Gasteiger charge is -2.27. The Morgan fingerprint density at radius 2 is 1.56 bits per heavy atom. The minimum atomic E-state index is -4.15. The summed E-state index contributed by atoms with van der Waals surface area (Å²) in [5, 5.41) is 10.8. The molecule has 0 bridgehead atoms. The van der Waals surface area contributed by atoms with Crippen molar-refractivity contribution in [3.8, 4) is 5.75 Å². The largest absolute Gasteiger partial charge is 0.502 e. The van der Waals surface area contributed by atoms with Gasteiger partial charge in [-0.3, -0.25) is 9.69 Å². The maximum Gasteiger partial charge on any atom is 0.295 e. The fourth-order valence-corrected chi connectivity index (χ4v) is 5.48. The molecule has 1 aliphatic heterocycles. The molecule has 32 heavy (non-hydrogen) atoms. The first-order valence-electron chi connectivity index (χ1n) is 10.2. The van der Waals surface area contributed by atoms with E-state index in [1.807, 2.05) is 19.1 Å². The summed E-state index contributed by atoms with van der Waals surface area (Å²) < 4.78 is 32.3. The molecule has 0 fully saturated rings. The second kappa shape index (κ2) is 8.51. The van der Waals surface area contributed by atoms with Gasteiger partial charge < -0.3 is 9.84 Å². The Morgan fingerprint density at radius 3 is 2.12 bits per heavy atom. The van der Waals surface area contributed by atoms with E-state index in [2.05, 4.69) is 0 Å². The van der Waals surface area contributed by atoms with E-state index in [9.17, 15) is 18.3 Å². The third kappa shape index (κ3) is 3.65. The molecular formula is C25H23NO5S. The average Bonchev–Trinajstić information content (AvgIpc) is 3.10. The van der Waals surface area contributed by atoms with E-state index in [0.29, 0.717) is 17.0 Å². The molecule has 1 aliphatic rings. The second-order valence-corrected chi connectivity index (χ2v) is 9.32. The second-order valence-electron chi connectivity index (χ2n) is 7.40. The molecule has 0 aromatic heterocycles. The third-order valence-electron chi connectivity index (χ3n) is 5.56. The van der Waals surface area contributed by atoms with Gasteiger partial charge in [0.2, 0.25) is 9.84 Å². The van der Waals surface area contributed by atoms with Gasteiger partial charge in [0.1, 0.15) is 16.7 Å². The topological polar surface area (TPSA) is 83.9 Å². The highest BCUT2D eigenvalue weighted by atomic mass is 32.2. The van der Waals surface area contributed by atoms with E-state index in [1.54, 1.807) is 54.6 Å². The molecule has 1 N–H and O–H groups in total. The monoisotopic (exact) mass is 449 g/mol. The van der Waals surface area contributed by atoms with E-state index in [4.69, 9.17) is 4.74 Å². The van der Waals surface area contributed by atoms with Crippen molar-refractivity contribution in [3.05, 3.63) is 101 Å². The Labute approximate surface area is 187 Å². The van der Waals surface area contributed by atoms with Crippen LogP contribution in [0.3, 0.4) is 0 Å². The highest BCUT2D eigenvalue weighted by Gasteiger charge is 2.47. The number of rotatable bonds is 6. The number of aliphatic hydroxyl groups is 1. The van der Waals surface area contributed by atoms with Gasteiger partial charge in [-0.25, -0.2) is 8.42 Å². The number of ether oxygens (including phenoxy) is 1. The highest BCUT2D eigenvalue weighted by molar-refractivity contribution is 7.95. The van der Waals surface area contributed by atoms with Crippen LogP contribution in [-0.2, 0) is 21.1 Å². The molecular weight excluding hydrogens is 426 g/mol. The summed E-state index contributed by atoms with van der Waals surface area (Å²) in [6, 6.07) is 20.9. The minimum absolute atomic E-state index is 0.0149. The average molecular weight is 450 g/mol. The molecule has 0 spiro atoms. The van der Waals surface area contributed by atoms with Gasteiger partial charge in [0.05, 0.1) is 12.0 Å². The molecule has 164 valence electrons. The predicted molar refractivity (Wildman–Crippen MR) is 122 cm³/mol. The van der Waals surface area contributed by atoms with E-state index in [-0.39, 0.29) is 9.80 Å². The highest BCUT2D eigenvalue weighted by Crippen LogP contribution is 2.45. The fourth-order valence-electron chi connectivity index (χ4n) is 3.83. The third-order valence-corrected chi connectivity index (χ3v) is 7.45. The van der Waals surface area contributed by atoms with Crippen molar-refractivity contribution in [2.75, 3.05) is 12.0 Å². The van der Waals surface area contributed by atoms with Gasteiger partial charge in [0.25, 0.3) is 5.91 Å². The van der Waals surface area contributed by atoms with E-state index in [1.165, 1.54) is 24.1 Å². The summed E-state index contributed by atoms with van der Waals surface area (Å²) in [4.78, 5) is 14.2. The number of carbonyl (C=O) groups is 1. The number of anilines is 1. The smallest absolute Gasteiger partial charge is 0.295 e. The molecule has 3 aromatic carbocycles. The normalized spacial score (nSPS) is 16.5. The number of hydrogen-bond acceptors (Lipinski definition) is 5. The number of sulfone groups is 1. The van der Waals surface area contributed by atoms with Crippen LogP contribution in [0.5, 0.6) is 5.75 Å². The first kappa shape index (κ1) is 21.6. The number of amides is 1. The van der Waals surface area contributed by atoms with Crippen molar-refractivity contribution in [2.24, 2.45) is 0 Å². The molecule has 0 radical (unpaired) electrons. The fraction of sp³-hybridized carbons (Fsp3) is 0.160. The quantitative estimate of drug-likeness (QED) is 0.595. The van der Waals surface area contributed by atoms with E-state index >= 15 is 0 Å². The minimum Gasteiger partial charge on any atom is -0.502 e. The molecule has 1 heterocycles. The lowest BCUT2D eigenvalue weighted by Crippen LogP contribution is -2.31. The molecule has 0 unspecified atom stereocenters. The first-order chi connectivity index (χ1) is 15.4. The van der Waals surface area contributed by atoms with E-state index < -0.39 is 27.5 Å². The van der Waals surface area contributed by atoms with Gasteiger partial charge in [0.15, 0.2) is 5.76 Å². The van der Waals surface area contributed by atoms with Crippen molar-refractivity contribution < 1.29 is 23.1 Å². The van der Waals surface area contributed by atoms with Crippen LogP contribution in [0.15, 0.2) is 94.4 Å². The van der Waals surface area contributed by atoms with Crippen molar-refractivity contribution in [1.82, 2.24) is 0 Å². The number of benzene rings is 3. The molecule has 1 amide bonds. The van der Waals surface area contributed by atoms with Gasteiger partial charge in [-0.05, 0) is 53.9 Å². The molecule has 0 saturated carbocycles. The molecule has 6 nitrogen and oxygen atoms in total. The number of aryl methyl sites for hydroxylation is 1. The van der Waals surface area contributed by atoms with E-state index in [0.717, 1.165) is 12.0 Å². The summed E-state index contributed by atoms with van der Waals surface area (Å²) in [5.74, 6) is -0.943. The molecule has 7 heteroatoms. The van der Waals surface area contributed by atoms with Crippen LogP contribution >= 0.6 is 0 Å². The van der Waals surface area contributed by atoms with Gasteiger partial charge in [0, 0.05) is 5.69 Å². The number of methoxy groups -OCH3 is 1.